The second-order valence-electron chi connectivity index (χ2n) is 28.9. The molecule has 6 aromatic rings. The van der Waals surface area contributed by atoms with Gasteiger partial charge in [-0.3, -0.25) is 67.8 Å². The Hall–Kier alpha value is -11.6. The maximum absolute atomic E-state index is 15.5. The van der Waals surface area contributed by atoms with Crippen LogP contribution < -0.4 is 70.0 Å². The molecule has 10 amide bonds. The number of amides is 10. The van der Waals surface area contributed by atoms with Crippen LogP contribution in [-0.4, -0.2) is 222 Å². The Bertz CT molecular complexity index is 4310. The lowest BCUT2D eigenvalue weighted by Gasteiger charge is -2.31. The average molecular weight is 1590 g/mol. The molecule has 6 aromatic carbocycles. The molecule has 0 spiro atoms. The van der Waals surface area contributed by atoms with E-state index in [0.717, 1.165) is 26.8 Å². The van der Waals surface area contributed by atoms with Gasteiger partial charge in [0.05, 0.1) is 25.9 Å². The average Bonchev–Trinajstić information content (AvgIpc) is 1.13. The molecule has 0 saturated carbocycles. The van der Waals surface area contributed by atoms with Crippen LogP contribution in [0.2, 0.25) is 5.02 Å². The van der Waals surface area contributed by atoms with Crippen LogP contribution in [0.25, 0.3) is 10.8 Å². The molecule has 32 nitrogen and oxygen atoms in total. The number of guanidine groups is 1. The smallest absolute Gasteiger partial charge is 0.323 e. The molecule has 114 heavy (non-hydrogen) atoms. The number of carbonyl (C=O) groups is 12. The Balaban J connectivity index is 1.10. The second-order valence-corrected chi connectivity index (χ2v) is 29.4. The summed E-state index contributed by atoms with van der Waals surface area (Å²) in [5.74, 6) is -11.9. The summed E-state index contributed by atoms with van der Waals surface area (Å²) in [5, 5.41) is 64.8. The van der Waals surface area contributed by atoms with Crippen molar-refractivity contribution < 1.29 is 77.6 Å². The minimum Gasteiger partial charge on any atom is -0.480 e. The van der Waals surface area contributed by atoms with Crippen LogP contribution >= 0.6 is 11.6 Å². The van der Waals surface area contributed by atoms with Gasteiger partial charge in [-0.15, -0.1) is 0 Å². The number of nitrogens with one attached hydrogen (secondary N) is 10. The second kappa shape index (κ2) is 43.5. The molecule has 2 aliphatic heterocycles. The van der Waals surface area contributed by atoms with Gasteiger partial charge in [-0.05, 0) is 120 Å². The highest BCUT2D eigenvalue weighted by Gasteiger charge is 2.41. The highest BCUT2D eigenvalue weighted by Crippen LogP contribution is 2.24. The van der Waals surface area contributed by atoms with Crippen molar-refractivity contribution >= 4 is 105 Å². The van der Waals surface area contributed by atoms with Crippen molar-refractivity contribution in [3.05, 3.63) is 184 Å². The van der Waals surface area contributed by atoms with E-state index in [2.05, 4.69) is 52.8 Å². The molecular weight excluding hydrogens is 1490 g/mol. The zero-order valence-electron chi connectivity index (χ0n) is 63.9. The van der Waals surface area contributed by atoms with E-state index in [0.29, 0.717) is 61.0 Å². The third-order valence-corrected chi connectivity index (χ3v) is 19.8. The van der Waals surface area contributed by atoms with Crippen molar-refractivity contribution in [1.82, 2.24) is 57.7 Å². The summed E-state index contributed by atoms with van der Waals surface area (Å²) < 4.78 is 5.55. The molecule has 0 bridgehead atoms. The number of ether oxygens (including phenoxy) is 1. The molecule has 610 valence electrons. The first kappa shape index (κ1) is 88.0. The molecular formula is C81H103ClN16O16. The SMILES string of the molecule is CC(C)C[C@H](NC(=O)[C@@H](Cc1ccc(CN2CCOCC2)cc1)NC(=O)[C@H](Cc1ccc(N(CC(=O)O)CC(=O)O)cc1)NC(=O)[C@H](CO)NC(=O)[C@@H](Cc1ccccc1)NC(=O)[C@@H](Cc1ccc(Cl)cc1)NC(=O)[C@H](N)Cc1cccc2ccccc12)C(=O)N[C@@H](CCCNC(=N)N)C(=O)N1CCC[C@H]1C(=O)N[C@H](C)C(N)=O. The molecule has 0 aromatic heterocycles. The number of morpholine rings is 1. The van der Waals surface area contributed by atoms with E-state index in [1.807, 2.05) is 54.6 Å². The van der Waals surface area contributed by atoms with Crippen molar-refractivity contribution in [2.75, 3.05) is 64.0 Å². The third kappa shape index (κ3) is 27.4. The number of halogens is 1. The number of hydrogen-bond acceptors (Lipinski definition) is 18. The molecule has 2 fully saturated rings. The number of fused-ring (bicyclic) bond motifs is 1. The summed E-state index contributed by atoms with van der Waals surface area (Å²) in [6.45, 7) is 5.70. The van der Waals surface area contributed by atoms with Gasteiger partial charge in [0.25, 0.3) is 0 Å². The standard InChI is InChI=1S/C81H103ClN16O16/c1-48(2)38-62(73(106)89-61(18-10-32-87-81(85)86)80(113)98-33-11-19-68(98)79(112)88-49(3)71(84)104)91-75(108)65(40-51-20-22-54(23-21-51)44-96-34-36-114-37-35-96)93-76(109)66(42-53-26-30-58(31-27-53)97(45-69(100)101)46-70(102)103)94-78(111)67(47-99)95-77(110)64(39-50-12-5-4-6-13-50)92-74(107)63(41-52-24-28-57(82)29-25-52)90-72(105)60(83)43-56-16-9-15-55-14-7-8-17-59(55)56/h4-9,12-17,20-31,48-49,60-68,99H,10-11,18-19,32-47,83H2,1-3H3,(H2,84,104)(H,88,112)(H,89,106)(H,90,105)(H,91,108)(H,92,107)(H,93,109)(H,94,111)(H,95,110)(H,100,101)(H,102,103)(H4,85,86,87)/t49-,60-,61+,62+,63-,64-,65-,66+,67+,68+/m1/s1. The van der Waals surface area contributed by atoms with E-state index >= 15 is 9.59 Å². The van der Waals surface area contributed by atoms with Gasteiger partial charge in [0.15, 0.2) is 5.96 Å². The van der Waals surface area contributed by atoms with Crippen LogP contribution in [0.1, 0.15) is 86.3 Å². The molecule has 2 saturated heterocycles. The number of rotatable bonds is 42. The van der Waals surface area contributed by atoms with Crippen LogP contribution in [0.4, 0.5) is 5.69 Å². The van der Waals surface area contributed by atoms with E-state index in [1.54, 1.807) is 80.6 Å². The fourth-order valence-electron chi connectivity index (χ4n) is 13.5. The number of carboxylic acid groups (broad SMARTS) is 2. The zero-order chi connectivity index (χ0) is 82.5. The highest BCUT2D eigenvalue weighted by molar-refractivity contribution is 6.30. The third-order valence-electron chi connectivity index (χ3n) is 19.6. The summed E-state index contributed by atoms with van der Waals surface area (Å²) in [6.07, 6.45) is -0.160. The fourth-order valence-corrected chi connectivity index (χ4v) is 13.6. The normalized spacial score (nSPS) is 15.9. The van der Waals surface area contributed by atoms with Crippen LogP contribution in [-0.2, 0) is 101 Å². The minimum absolute atomic E-state index is 0.0291. The Labute approximate surface area is 665 Å². The number of likely N-dealkylation sites (tertiary alicyclic amines) is 1. The number of primary amides is 1. The van der Waals surface area contributed by atoms with Gasteiger partial charge in [0, 0.05) is 69.1 Å². The van der Waals surface area contributed by atoms with Gasteiger partial charge in [0.1, 0.15) is 67.5 Å². The molecule has 2 aliphatic rings. The lowest BCUT2D eigenvalue weighted by Crippen LogP contribution is -2.61. The number of aliphatic hydroxyl groups excluding tert-OH is 1. The van der Waals surface area contributed by atoms with Crippen molar-refractivity contribution in [3.8, 4) is 0 Å². The topological polar surface area (TPSA) is 495 Å². The predicted molar refractivity (Wildman–Crippen MR) is 426 cm³/mol. The number of nitrogens with zero attached hydrogens (tertiary/aromatic N) is 3. The van der Waals surface area contributed by atoms with E-state index < -0.39 is 158 Å². The quantitative estimate of drug-likeness (QED) is 0.0143. The van der Waals surface area contributed by atoms with E-state index in [4.69, 9.17) is 38.9 Å². The molecule has 10 atom stereocenters. The van der Waals surface area contributed by atoms with Gasteiger partial charge >= 0.3 is 11.9 Å². The number of nitrogens with two attached hydrogens (primary N) is 3. The maximum Gasteiger partial charge on any atom is 0.323 e. The number of carboxylic acids is 2. The van der Waals surface area contributed by atoms with E-state index in [9.17, 15) is 63.3 Å². The molecule has 8 rings (SSSR count). The first-order chi connectivity index (χ1) is 54.5. The van der Waals surface area contributed by atoms with Crippen LogP contribution in [0.5, 0.6) is 0 Å². The number of aliphatic carboxylic acids is 2. The zero-order valence-corrected chi connectivity index (χ0v) is 64.7. The highest BCUT2D eigenvalue weighted by atomic mass is 35.5. The number of anilines is 1. The maximum atomic E-state index is 15.5. The van der Waals surface area contributed by atoms with Crippen molar-refractivity contribution in [2.45, 2.75) is 152 Å². The number of hydrogen-bond donors (Lipinski definition) is 16. The van der Waals surface area contributed by atoms with Gasteiger partial charge < -0.3 is 94.9 Å². The van der Waals surface area contributed by atoms with Crippen LogP contribution in [0.15, 0.2) is 146 Å². The van der Waals surface area contributed by atoms with E-state index in [-0.39, 0.29) is 87.6 Å². The van der Waals surface area contributed by atoms with Gasteiger partial charge in [-0.1, -0.05) is 147 Å². The lowest BCUT2D eigenvalue weighted by atomic mass is 9.98. The summed E-state index contributed by atoms with van der Waals surface area (Å²) >= 11 is 6.26. The van der Waals surface area contributed by atoms with Crippen molar-refractivity contribution in [3.63, 3.8) is 0 Å². The Kier molecular flexibility index (Phi) is 33.5. The Morgan fingerprint density at radius 3 is 1.54 bits per heavy atom. The number of carbonyl (C=O) groups excluding carboxylic acids is 10. The lowest BCUT2D eigenvalue weighted by molar-refractivity contribution is -0.142. The molecule has 19 N–H and O–H groups in total. The summed E-state index contributed by atoms with van der Waals surface area (Å²) in [4.78, 5) is 173. The molecule has 2 heterocycles. The molecule has 33 heteroatoms. The number of benzene rings is 6. The van der Waals surface area contributed by atoms with Crippen molar-refractivity contribution in [1.29, 1.82) is 5.41 Å². The van der Waals surface area contributed by atoms with Gasteiger partial charge in [0.2, 0.25) is 59.1 Å². The number of aliphatic hydroxyl groups is 1. The molecule has 0 aliphatic carbocycles. The summed E-state index contributed by atoms with van der Waals surface area (Å²) in [7, 11) is 0. The first-order valence-electron chi connectivity index (χ1n) is 37.9. The van der Waals surface area contributed by atoms with Crippen LogP contribution in [0.3, 0.4) is 0 Å². The van der Waals surface area contributed by atoms with Crippen LogP contribution in [0, 0.1) is 11.3 Å². The summed E-state index contributed by atoms with van der Waals surface area (Å²) in [5.41, 5.74) is 21.4. The van der Waals surface area contributed by atoms with Gasteiger partial charge in [-0.25, -0.2) is 0 Å². The monoisotopic (exact) mass is 1590 g/mol. The predicted octanol–water partition coefficient (Wildman–Crippen LogP) is 0.818. The van der Waals surface area contributed by atoms with E-state index in [1.165, 1.54) is 36.1 Å². The van der Waals surface area contributed by atoms with Crippen molar-refractivity contribution in [2.24, 2.45) is 23.1 Å². The minimum atomic E-state index is -1.88. The Morgan fingerprint density at radius 1 is 0.544 bits per heavy atom. The fraction of sp³-hybridized carbons (Fsp3) is 0.420. The molecule has 0 unspecified atom stereocenters. The van der Waals surface area contributed by atoms with Gasteiger partial charge in [-0.2, -0.15) is 0 Å². The Morgan fingerprint density at radius 2 is 1.01 bits per heavy atom. The summed E-state index contributed by atoms with van der Waals surface area (Å²) in [6, 6.07) is 27.1. The molecule has 0 radical (unpaired) electrons. The largest absolute Gasteiger partial charge is 0.480 e. The first-order valence-corrected chi connectivity index (χ1v) is 38.3.